The van der Waals surface area contributed by atoms with Gasteiger partial charge in [0.15, 0.2) is 0 Å². The van der Waals surface area contributed by atoms with Crippen molar-refractivity contribution in [1.29, 1.82) is 0 Å². The lowest BCUT2D eigenvalue weighted by molar-refractivity contribution is 0.229. The van der Waals surface area contributed by atoms with Crippen molar-refractivity contribution in [3.8, 4) is 0 Å². The summed E-state index contributed by atoms with van der Waals surface area (Å²) < 4.78 is 11.6. The van der Waals surface area contributed by atoms with Crippen molar-refractivity contribution in [2.24, 2.45) is 0 Å². The molecule has 2 nitrogen and oxygen atoms in total. The highest BCUT2D eigenvalue weighted by Gasteiger charge is 2.52. The Morgan fingerprint density at radius 2 is 1.82 bits per heavy atom. The van der Waals surface area contributed by atoms with Crippen LogP contribution < -0.4 is 0 Å². The van der Waals surface area contributed by atoms with Crippen LogP contribution >= 0.6 is 0 Å². The Kier molecular flexibility index (Phi) is 2.39. The molecule has 0 amide bonds. The molecule has 1 aliphatic heterocycles. The molecule has 1 heterocycles. The van der Waals surface area contributed by atoms with Crippen LogP contribution in [-0.4, -0.2) is 17.1 Å². The van der Waals surface area contributed by atoms with Gasteiger partial charge >= 0.3 is 17.1 Å². The molecule has 1 aliphatic rings. The first-order chi connectivity index (χ1) is 4.97. The van der Waals surface area contributed by atoms with Crippen molar-refractivity contribution in [3.05, 3.63) is 12.7 Å². The van der Waals surface area contributed by atoms with Crippen LogP contribution in [0.5, 0.6) is 0 Å². The Morgan fingerprint density at radius 3 is 2.18 bits per heavy atom. The summed E-state index contributed by atoms with van der Waals surface area (Å²) in [5.74, 6) is 0. The lowest BCUT2D eigenvalue weighted by Crippen LogP contribution is -2.65. The van der Waals surface area contributed by atoms with Crippen LogP contribution in [-0.2, 0) is 8.23 Å². The Bertz CT molecular complexity index is 160. The van der Waals surface area contributed by atoms with Crippen LogP contribution in [0.2, 0.25) is 25.7 Å². The van der Waals surface area contributed by atoms with Gasteiger partial charge in [-0.25, -0.2) is 0 Å². The molecule has 64 valence electrons. The van der Waals surface area contributed by atoms with Crippen molar-refractivity contribution in [2.45, 2.75) is 32.1 Å². The second-order valence-corrected chi connectivity index (χ2v) is 10.8. The van der Waals surface area contributed by atoms with Crippen LogP contribution in [0.4, 0.5) is 0 Å². The summed E-state index contributed by atoms with van der Waals surface area (Å²) in [5.41, 5.74) is 0. The number of allylic oxidation sites excluding steroid dienone is 1. The Balaban J connectivity index is 2.31. The van der Waals surface area contributed by atoms with Gasteiger partial charge in [0.1, 0.15) is 0 Å². The molecule has 0 bridgehead atoms. The van der Waals surface area contributed by atoms with E-state index in [0.29, 0.717) is 0 Å². The molecule has 0 N–H and O–H groups in total. The molecule has 1 rings (SSSR count). The maximum atomic E-state index is 5.82. The van der Waals surface area contributed by atoms with Crippen LogP contribution in [0.25, 0.3) is 0 Å². The third kappa shape index (κ3) is 2.26. The normalized spacial score (nSPS) is 25.7. The number of hydrogen-bond acceptors (Lipinski definition) is 2. The highest BCUT2D eigenvalue weighted by Crippen LogP contribution is 2.34. The molecule has 4 heteroatoms. The van der Waals surface area contributed by atoms with Crippen molar-refractivity contribution in [1.82, 2.24) is 0 Å². The van der Waals surface area contributed by atoms with Gasteiger partial charge < -0.3 is 8.23 Å². The van der Waals surface area contributed by atoms with Gasteiger partial charge in [-0.15, -0.1) is 6.58 Å². The third-order valence-corrected chi connectivity index (χ3v) is 10.3. The third-order valence-electron chi connectivity index (χ3n) is 1.73. The minimum Gasteiger partial charge on any atom is -0.416 e. The molecule has 11 heavy (non-hydrogen) atoms. The average Bonchev–Trinajstić information content (AvgIpc) is 1.79. The lowest BCUT2D eigenvalue weighted by atomic mass is 10.5. The summed E-state index contributed by atoms with van der Waals surface area (Å²) in [6.07, 6.45) is 2.95. The quantitative estimate of drug-likeness (QED) is 0.500. The molecule has 0 atom stereocenters. The van der Waals surface area contributed by atoms with E-state index >= 15 is 0 Å². The van der Waals surface area contributed by atoms with Crippen LogP contribution in [0.15, 0.2) is 12.7 Å². The predicted molar refractivity (Wildman–Crippen MR) is 50.9 cm³/mol. The maximum absolute atomic E-state index is 5.82. The molecule has 0 aromatic carbocycles. The lowest BCUT2D eigenvalue weighted by Gasteiger charge is -2.48. The smallest absolute Gasteiger partial charge is 0.317 e. The Hall–Kier alpha value is 0.0938. The van der Waals surface area contributed by atoms with Crippen LogP contribution in [0.3, 0.4) is 0 Å². The first kappa shape index (κ1) is 9.18. The molecule has 0 unspecified atom stereocenters. The van der Waals surface area contributed by atoms with Crippen molar-refractivity contribution in [3.63, 3.8) is 0 Å². The van der Waals surface area contributed by atoms with E-state index in [1.165, 1.54) is 0 Å². The van der Waals surface area contributed by atoms with Gasteiger partial charge in [-0.2, -0.15) is 0 Å². The zero-order valence-corrected chi connectivity index (χ0v) is 9.52. The molecule has 0 spiro atoms. The molecular formula is C7H16O2Si2. The topological polar surface area (TPSA) is 18.5 Å². The zero-order valence-electron chi connectivity index (χ0n) is 7.52. The molecule has 1 fully saturated rings. The van der Waals surface area contributed by atoms with Crippen molar-refractivity contribution < 1.29 is 8.23 Å². The van der Waals surface area contributed by atoms with Gasteiger partial charge in [0.05, 0.1) is 0 Å². The van der Waals surface area contributed by atoms with Gasteiger partial charge in [-0.05, 0) is 32.1 Å². The maximum Gasteiger partial charge on any atom is 0.317 e. The Labute approximate surface area is 70.7 Å². The average molecular weight is 188 g/mol. The van der Waals surface area contributed by atoms with Gasteiger partial charge in [0.2, 0.25) is 0 Å². The fourth-order valence-electron chi connectivity index (χ4n) is 1.51. The second-order valence-electron chi connectivity index (χ2n) is 3.57. The number of rotatable bonds is 3. The molecule has 0 aromatic heterocycles. The second kappa shape index (κ2) is 2.86. The van der Waals surface area contributed by atoms with E-state index in [9.17, 15) is 0 Å². The van der Waals surface area contributed by atoms with E-state index in [2.05, 4.69) is 26.2 Å². The van der Waals surface area contributed by atoms with Gasteiger partial charge in [-0.1, -0.05) is 6.08 Å². The van der Waals surface area contributed by atoms with E-state index in [1.807, 2.05) is 6.08 Å². The van der Waals surface area contributed by atoms with E-state index in [1.54, 1.807) is 0 Å². The van der Waals surface area contributed by atoms with E-state index < -0.39 is 17.1 Å². The minimum atomic E-state index is -1.66. The van der Waals surface area contributed by atoms with Crippen molar-refractivity contribution in [2.75, 3.05) is 0 Å². The molecule has 0 radical (unpaired) electrons. The van der Waals surface area contributed by atoms with Gasteiger partial charge in [0, 0.05) is 0 Å². The summed E-state index contributed by atoms with van der Waals surface area (Å²) in [6, 6.07) is 1.06. The summed E-state index contributed by atoms with van der Waals surface area (Å²) in [4.78, 5) is 0. The van der Waals surface area contributed by atoms with Gasteiger partial charge in [-0.3, -0.25) is 0 Å². The first-order valence-electron chi connectivity index (χ1n) is 3.99. The van der Waals surface area contributed by atoms with E-state index in [-0.39, 0.29) is 0 Å². The highest BCUT2D eigenvalue weighted by molar-refractivity contribution is 6.92. The molecule has 0 aliphatic carbocycles. The highest BCUT2D eigenvalue weighted by atomic mass is 28.5. The molecule has 0 saturated carbocycles. The largest absolute Gasteiger partial charge is 0.416 e. The van der Waals surface area contributed by atoms with Crippen LogP contribution in [0.1, 0.15) is 6.42 Å². The summed E-state index contributed by atoms with van der Waals surface area (Å²) in [7, 11) is -3.27. The Morgan fingerprint density at radius 1 is 1.27 bits per heavy atom. The van der Waals surface area contributed by atoms with E-state index in [4.69, 9.17) is 8.23 Å². The van der Waals surface area contributed by atoms with Gasteiger partial charge in [0.25, 0.3) is 0 Å². The van der Waals surface area contributed by atoms with Crippen molar-refractivity contribution >= 4 is 17.1 Å². The summed E-state index contributed by atoms with van der Waals surface area (Å²) in [6.45, 7) is 10.0. The zero-order chi connectivity index (χ0) is 8.54. The fraction of sp³-hybridized carbons (Fsp3) is 0.714. The standard InChI is InChI=1S/C7H16O2Si2/c1-5-6-7-11(4)8-10(2,3)9-11/h5H,1,6-7H2,2-4H3. The fourth-order valence-corrected chi connectivity index (χ4v) is 11.4. The monoisotopic (exact) mass is 188 g/mol. The first-order valence-corrected chi connectivity index (χ1v) is 9.33. The predicted octanol–water partition coefficient (Wildman–Crippen LogP) is 2.38. The SMILES string of the molecule is C=CCC[Si]1(C)O[Si](C)(C)O1. The molecule has 0 aromatic rings. The summed E-state index contributed by atoms with van der Waals surface area (Å²) >= 11 is 0. The number of hydrogen-bond donors (Lipinski definition) is 0. The van der Waals surface area contributed by atoms with E-state index in [0.717, 1.165) is 12.5 Å². The molecular weight excluding hydrogens is 172 g/mol. The summed E-state index contributed by atoms with van der Waals surface area (Å²) in [5, 5.41) is 0. The van der Waals surface area contributed by atoms with Crippen LogP contribution in [0, 0.1) is 0 Å². The minimum absolute atomic E-state index is 1.02. The molecule has 1 saturated heterocycles.